The molecular formula is C24H27Br2NO6. The predicted octanol–water partition coefficient (Wildman–Crippen LogP) is 3.61. The summed E-state index contributed by atoms with van der Waals surface area (Å²) in [6.45, 7) is 3.38. The van der Waals surface area contributed by atoms with Gasteiger partial charge in [-0.3, -0.25) is 19.3 Å². The Labute approximate surface area is 209 Å². The molecular weight excluding hydrogens is 558 g/mol. The second-order valence-corrected chi connectivity index (χ2v) is 11.6. The van der Waals surface area contributed by atoms with Crippen molar-refractivity contribution in [1.29, 1.82) is 0 Å². The number of carbonyl (C=O) groups is 4. The summed E-state index contributed by atoms with van der Waals surface area (Å²) in [6, 6.07) is 5.47. The fourth-order valence-corrected chi connectivity index (χ4v) is 7.40. The Balaban J connectivity index is 1.48. The molecule has 3 aliphatic rings. The highest BCUT2D eigenvalue weighted by atomic mass is 79.9. The number of Topliss-reactive ketones (excluding diaryl/α,β-unsaturated/α-hetero) is 1. The number of carbonyl (C=O) groups excluding carboxylic acids is 4. The summed E-state index contributed by atoms with van der Waals surface area (Å²) >= 11 is 7.35. The van der Waals surface area contributed by atoms with E-state index in [0.717, 1.165) is 11.3 Å². The first-order chi connectivity index (χ1) is 15.6. The number of benzene rings is 1. The molecule has 0 aromatic heterocycles. The Hall–Kier alpha value is -1.74. The van der Waals surface area contributed by atoms with Crippen LogP contribution in [0.25, 0.3) is 0 Å². The number of ketones is 1. The van der Waals surface area contributed by atoms with Crippen LogP contribution >= 0.6 is 31.9 Å². The highest BCUT2D eigenvalue weighted by Crippen LogP contribution is 2.60. The lowest BCUT2D eigenvalue weighted by molar-refractivity contribution is -0.159. The van der Waals surface area contributed by atoms with Crippen molar-refractivity contribution in [3.8, 4) is 5.75 Å². The van der Waals surface area contributed by atoms with Crippen molar-refractivity contribution in [1.82, 2.24) is 4.90 Å². The summed E-state index contributed by atoms with van der Waals surface area (Å²) in [5.74, 6) is -1.66. The van der Waals surface area contributed by atoms with Crippen LogP contribution in [-0.4, -0.2) is 57.9 Å². The van der Waals surface area contributed by atoms with Crippen molar-refractivity contribution in [2.45, 2.75) is 42.4 Å². The maximum absolute atomic E-state index is 13.4. The van der Waals surface area contributed by atoms with E-state index in [1.54, 1.807) is 24.3 Å². The first-order valence-corrected chi connectivity index (χ1v) is 13.0. The molecule has 2 amide bonds. The minimum atomic E-state index is -1.03. The number of fused-ring (bicyclic) bond motifs is 5. The molecule has 7 nitrogen and oxygen atoms in total. The number of halogens is 2. The number of ether oxygens (including phenoxy) is 2. The number of rotatable bonds is 8. The summed E-state index contributed by atoms with van der Waals surface area (Å²) in [4.78, 5) is 53.7. The molecule has 33 heavy (non-hydrogen) atoms. The Kier molecular flexibility index (Phi) is 7.01. The first-order valence-electron chi connectivity index (χ1n) is 11.1. The van der Waals surface area contributed by atoms with Crippen LogP contribution in [0.3, 0.4) is 0 Å². The minimum absolute atomic E-state index is 0.0467. The van der Waals surface area contributed by atoms with Crippen molar-refractivity contribution >= 4 is 55.4 Å². The molecule has 7 atom stereocenters. The number of imide groups is 1. The molecule has 1 heterocycles. The van der Waals surface area contributed by atoms with Gasteiger partial charge in [0.25, 0.3) is 0 Å². The van der Waals surface area contributed by atoms with Gasteiger partial charge in [0, 0.05) is 15.2 Å². The Morgan fingerprint density at radius 3 is 2.06 bits per heavy atom. The number of hydrogen-bond donors (Lipinski definition) is 0. The van der Waals surface area contributed by atoms with Crippen LogP contribution in [0.15, 0.2) is 24.3 Å². The van der Waals surface area contributed by atoms with Crippen molar-refractivity contribution in [3.05, 3.63) is 29.8 Å². The third kappa shape index (κ3) is 4.27. The van der Waals surface area contributed by atoms with Gasteiger partial charge in [0.2, 0.25) is 11.8 Å². The number of likely N-dealkylation sites (tertiary alicyclic amines) is 1. The Morgan fingerprint density at radius 1 is 1.03 bits per heavy atom. The van der Waals surface area contributed by atoms with Gasteiger partial charge in [-0.1, -0.05) is 45.7 Å². The second kappa shape index (κ2) is 9.49. The van der Waals surface area contributed by atoms with Crippen molar-refractivity contribution in [2.75, 3.05) is 13.7 Å². The number of esters is 1. The minimum Gasteiger partial charge on any atom is -0.497 e. The van der Waals surface area contributed by atoms with Gasteiger partial charge < -0.3 is 9.47 Å². The molecule has 178 valence electrons. The van der Waals surface area contributed by atoms with E-state index in [9.17, 15) is 19.2 Å². The summed E-state index contributed by atoms with van der Waals surface area (Å²) in [6.07, 6.45) is 1.11. The number of amides is 2. The molecule has 0 radical (unpaired) electrons. The van der Waals surface area contributed by atoms with Crippen LogP contribution in [0.1, 0.15) is 37.0 Å². The summed E-state index contributed by atoms with van der Waals surface area (Å²) in [5.41, 5.74) is 0.384. The van der Waals surface area contributed by atoms with Gasteiger partial charge >= 0.3 is 5.97 Å². The summed E-state index contributed by atoms with van der Waals surface area (Å²) in [5, 5.41) is 0. The van der Waals surface area contributed by atoms with Crippen molar-refractivity contribution < 1.29 is 28.7 Å². The van der Waals surface area contributed by atoms with Gasteiger partial charge in [-0.25, -0.2) is 4.79 Å². The van der Waals surface area contributed by atoms with Crippen LogP contribution in [-0.2, 0) is 19.1 Å². The fraction of sp³-hybridized carbons (Fsp3) is 0.583. The zero-order valence-corrected chi connectivity index (χ0v) is 21.9. The average molecular weight is 585 g/mol. The van der Waals surface area contributed by atoms with E-state index in [1.165, 1.54) is 7.11 Å². The van der Waals surface area contributed by atoms with Crippen LogP contribution in [0.4, 0.5) is 0 Å². The lowest BCUT2D eigenvalue weighted by Gasteiger charge is -2.28. The molecule has 1 aromatic rings. The maximum atomic E-state index is 13.4. The summed E-state index contributed by atoms with van der Waals surface area (Å²) in [7, 11) is 1.53. The topological polar surface area (TPSA) is 90.0 Å². The van der Waals surface area contributed by atoms with Crippen LogP contribution in [0, 0.1) is 29.6 Å². The second-order valence-electron chi connectivity index (χ2n) is 9.46. The van der Waals surface area contributed by atoms with Gasteiger partial charge in [0.1, 0.15) is 11.8 Å². The van der Waals surface area contributed by atoms with E-state index in [4.69, 9.17) is 9.47 Å². The lowest BCUT2D eigenvalue weighted by atomic mass is 9.81. The highest BCUT2D eigenvalue weighted by Gasteiger charge is 2.67. The zero-order chi connectivity index (χ0) is 24.0. The Morgan fingerprint density at radius 2 is 1.58 bits per heavy atom. The largest absolute Gasteiger partial charge is 0.497 e. The molecule has 4 rings (SSSR count). The highest BCUT2D eigenvalue weighted by molar-refractivity contribution is 9.12. The molecule has 9 heteroatoms. The van der Waals surface area contributed by atoms with Crippen LogP contribution < -0.4 is 4.74 Å². The Bertz CT molecular complexity index is 932. The van der Waals surface area contributed by atoms with Gasteiger partial charge in [-0.2, -0.15) is 0 Å². The molecule has 0 unspecified atom stereocenters. The van der Waals surface area contributed by atoms with E-state index in [0.29, 0.717) is 11.3 Å². The third-order valence-corrected chi connectivity index (χ3v) is 10.3. The van der Waals surface area contributed by atoms with Crippen LogP contribution in [0.5, 0.6) is 5.75 Å². The lowest BCUT2D eigenvalue weighted by Crippen LogP contribution is -2.48. The van der Waals surface area contributed by atoms with E-state index in [1.807, 2.05) is 13.8 Å². The predicted molar refractivity (Wildman–Crippen MR) is 127 cm³/mol. The van der Waals surface area contributed by atoms with Crippen molar-refractivity contribution in [3.63, 3.8) is 0 Å². The maximum Gasteiger partial charge on any atom is 0.329 e. The molecule has 2 bridgehead atoms. The monoisotopic (exact) mass is 583 g/mol. The zero-order valence-electron chi connectivity index (χ0n) is 18.7. The molecule has 2 saturated carbocycles. The number of nitrogens with zero attached hydrogens (tertiary/aromatic N) is 1. The van der Waals surface area contributed by atoms with Gasteiger partial charge in [0.15, 0.2) is 12.4 Å². The van der Waals surface area contributed by atoms with Gasteiger partial charge in [-0.15, -0.1) is 0 Å². The number of alkyl halides is 2. The molecule has 2 aliphatic carbocycles. The number of methoxy groups -OCH3 is 1. The normalized spacial score (nSPS) is 31.2. The molecule has 0 N–H and O–H groups in total. The number of hydrogen-bond acceptors (Lipinski definition) is 6. The SMILES string of the molecule is COc1ccc(C(=O)COC(=O)[C@H](CC(C)C)N2C(=O)[C@@H]3[C@H]4C[C@@H]([C@H](Br)[C@H]4Br)[C@@H]3C2=O)cc1. The quantitative estimate of drug-likeness (QED) is 0.201. The third-order valence-electron chi connectivity index (χ3n) is 7.06. The first kappa shape index (κ1) is 24.4. The molecule has 3 fully saturated rings. The summed E-state index contributed by atoms with van der Waals surface area (Å²) < 4.78 is 10.4. The van der Waals surface area contributed by atoms with E-state index in [2.05, 4.69) is 31.9 Å². The molecule has 0 spiro atoms. The van der Waals surface area contributed by atoms with Crippen LogP contribution in [0.2, 0.25) is 0 Å². The fourth-order valence-electron chi connectivity index (χ4n) is 5.53. The van der Waals surface area contributed by atoms with Gasteiger partial charge in [-0.05, 0) is 54.9 Å². The standard InChI is InChI=1S/C24H27Br2NO6/c1-11(2)8-16(24(31)33-10-17(28)12-4-6-13(32-3)7-5-12)27-22(29)18-14-9-15(19(18)23(27)30)21(26)20(14)25/h4-7,11,14-16,18-21H,8-10H2,1-3H3/t14-,15-,16+,18-,19+,20+,21+/m1/s1. The van der Waals surface area contributed by atoms with Crippen molar-refractivity contribution in [2.24, 2.45) is 29.6 Å². The smallest absolute Gasteiger partial charge is 0.329 e. The molecule has 1 aromatic carbocycles. The average Bonchev–Trinajstić information content (AvgIpc) is 3.40. The van der Waals surface area contributed by atoms with Gasteiger partial charge in [0.05, 0.1) is 18.9 Å². The van der Waals surface area contributed by atoms with E-state index < -0.39 is 30.5 Å². The van der Waals surface area contributed by atoms with E-state index >= 15 is 0 Å². The molecule has 1 aliphatic heterocycles. The molecule has 1 saturated heterocycles. The van der Waals surface area contributed by atoms with E-state index in [-0.39, 0.29) is 51.4 Å².